The van der Waals surface area contributed by atoms with Gasteiger partial charge in [-0.25, -0.2) is 4.79 Å². The molecule has 2 rings (SSSR count). The largest absolute Gasteiger partial charge is 0.480 e. The first-order chi connectivity index (χ1) is 13.6. The summed E-state index contributed by atoms with van der Waals surface area (Å²) in [5, 5.41) is 13.5. The molecule has 8 heteroatoms. The third kappa shape index (κ3) is 5.57. The van der Waals surface area contributed by atoms with E-state index in [1.807, 2.05) is 0 Å². The summed E-state index contributed by atoms with van der Waals surface area (Å²) in [6.45, 7) is 4.33. The number of hydrogen-bond donors (Lipinski definition) is 2. The van der Waals surface area contributed by atoms with E-state index in [2.05, 4.69) is 19.2 Å². The number of amides is 1. The first kappa shape index (κ1) is 24.7. The molecule has 0 radical (unpaired) electrons. The number of carboxylic acid groups (broad SMARTS) is 1. The number of rotatable bonds is 10. The molecule has 1 aromatic rings. The van der Waals surface area contributed by atoms with Gasteiger partial charge in [0.15, 0.2) is 4.08 Å². The summed E-state index contributed by atoms with van der Waals surface area (Å²) in [6.07, 6.45) is 8.46. The first-order valence-corrected chi connectivity index (χ1v) is 12.9. The molecule has 162 valence electrons. The van der Waals surface area contributed by atoms with Crippen molar-refractivity contribution in [1.29, 1.82) is 0 Å². The molecular formula is C21H29Cl2NO3S2. The van der Waals surface area contributed by atoms with Gasteiger partial charge in [-0.15, -0.1) is 23.5 Å². The fraction of sp³-hybridized carbons (Fsp3) is 0.619. The average molecular weight is 479 g/mol. The highest BCUT2D eigenvalue weighted by molar-refractivity contribution is 8.18. The summed E-state index contributed by atoms with van der Waals surface area (Å²) < 4.78 is -1.07. The number of halogens is 2. The van der Waals surface area contributed by atoms with Crippen LogP contribution in [-0.4, -0.2) is 33.6 Å². The minimum atomic E-state index is -1.07. The topological polar surface area (TPSA) is 66.4 Å². The summed E-state index contributed by atoms with van der Waals surface area (Å²) in [5.41, 5.74) is 0.891. The van der Waals surface area contributed by atoms with Gasteiger partial charge in [0, 0.05) is 17.5 Å². The Bertz CT molecular complexity index is 763. The molecule has 29 heavy (non-hydrogen) atoms. The maximum atomic E-state index is 13.2. The molecule has 0 bridgehead atoms. The van der Waals surface area contributed by atoms with Crippen LogP contribution < -0.4 is 5.32 Å². The van der Waals surface area contributed by atoms with Gasteiger partial charge < -0.3 is 10.4 Å². The maximum absolute atomic E-state index is 13.2. The van der Waals surface area contributed by atoms with Crippen LogP contribution >= 0.6 is 46.7 Å². The molecule has 0 saturated heterocycles. The van der Waals surface area contributed by atoms with Crippen LogP contribution in [0.5, 0.6) is 0 Å². The predicted molar refractivity (Wildman–Crippen MR) is 127 cm³/mol. The van der Waals surface area contributed by atoms with Crippen molar-refractivity contribution < 1.29 is 14.7 Å². The summed E-state index contributed by atoms with van der Waals surface area (Å²) in [4.78, 5) is 25.2. The van der Waals surface area contributed by atoms with Gasteiger partial charge in [-0.05, 0) is 61.8 Å². The fourth-order valence-corrected chi connectivity index (χ4v) is 5.56. The van der Waals surface area contributed by atoms with Crippen molar-refractivity contribution in [1.82, 2.24) is 0 Å². The van der Waals surface area contributed by atoms with Crippen molar-refractivity contribution in [3.63, 3.8) is 0 Å². The number of nitrogens with one attached hydrogen (secondary N) is 1. The van der Waals surface area contributed by atoms with Crippen LogP contribution in [0.2, 0.25) is 10.0 Å². The molecule has 0 aromatic heterocycles. The molecule has 1 fully saturated rings. The van der Waals surface area contributed by atoms with Crippen LogP contribution in [0, 0.1) is 11.3 Å². The molecule has 1 saturated carbocycles. The number of carbonyl (C=O) groups is 2. The SMILES string of the molecule is CSC(Cc1cc(Cl)c(Cl)cc1NC(=O)C1(CCC(C)C)CCC1)(SC)C(=O)O. The fourth-order valence-electron chi connectivity index (χ4n) is 3.59. The molecule has 0 spiro atoms. The van der Waals surface area contributed by atoms with Gasteiger partial charge in [-0.2, -0.15) is 0 Å². The lowest BCUT2D eigenvalue weighted by Gasteiger charge is -2.41. The lowest BCUT2D eigenvalue weighted by Crippen LogP contribution is -2.42. The maximum Gasteiger partial charge on any atom is 0.330 e. The van der Waals surface area contributed by atoms with E-state index in [4.69, 9.17) is 23.2 Å². The van der Waals surface area contributed by atoms with E-state index in [1.165, 1.54) is 23.5 Å². The zero-order valence-electron chi connectivity index (χ0n) is 17.3. The Balaban J connectivity index is 2.33. The molecule has 1 aliphatic carbocycles. The summed E-state index contributed by atoms with van der Waals surface area (Å²) in [5.74, 6) is -0.369. The zero-order chi connectivity index (χ0) is 21.8. The van der Waals surface area contributed by atoms with Gasteiger partial charge in [0.25, 0.3) is 0 Å². The highest BCUT2D eigenvalue weighted by Gasteiger charge is 2.44. The van der Waals surface area contributed by atoms with E-state index < -0.39 is 10.0 Å². The minimum absolute atomic E-state index is 0.00160. The Kier molecular flexibility index (Phi) is 8.66. The minimum Gasteiger partial charge on any atom is -0.480 e. The van der Waals surface area contributed by atoms with Crippen molar-refractivity contribution in [2.45, 2.75) is 56.5 Å². The van der Waals surface area contributed by atoms with Gasteiger partial charge in [0.05, 0.1) is 10.0 Å². The van der Waals surface area contributed by atoms with E-state index in [9.17, 15) is 14.7 Å². The van der Waals surface area contributed by atoms with E-state index in [0.29, 0.717) is 27.2 Å². The van der Waals surface area contributed by atoms with Gasteiger partial charge in [0.1, 0.15) is 0 Å². The zero-order valence-corrected chi connectivity index (χ0v) is 20.5. The van der Waals surface area contributed by atoms with Crippen molar-refractivity contribution in [3.8, 4) is 0 Å². The number of thioether (sulfide) groups is 2. The van der Waals surface area contributed by atoms with Gasteiger partial charge in [-0.3, -0.25) is 4.79 Å². The summed E-state index contributed by atoms with van der Waals surface area (Å²) in [7, 11) is 0. The standard InChI is InChI=1S/C21H29Cl2NO3S2/c1-13(2)6-9-20(7-5-8-20)18(25)24-17-11-16(23)15(22)10-14(17)12-21(28-3,29-4)19(26)27/h10-11,13H,5-9,12H2,1-4H3,(H,24,25)(H,26,27). The molecule has 2 N–H and O–H groups in total. The Labute approximate surface area is 191 Å². The van der Waals surface area contributed by atoms with Gasteiger partial charge in [0.2, 0.25) is 5.91 Å². The van der Waals surface area contributed by atoms with Crippen molar-refractivity contribution >= 4 is 64.3 Å². The summed E-state index contributed by atoms with van der Waals surface area (Å²) in [6, 6.07) is 3.31. The van der Waals surface area contributed by atoms with Gasteiger partial charge >= 0.3 is 5.97 Å². The Morgan fingerprint density at radius 1 is 1.21 bits per heavy atom. The second-order valence-electron chi connectivity index (χ2n) is 8.09. The monoisotopic (exact) mass is 477 g/mol. The normalized spacial score (nSPS) is 15.8. The molecule has 1 aromatic carbocycles. The molecular weight excluding hydrogens is 449 g/mol. The number of carboxylic acids is 1. The average Bonchev–Trinajstić information content (AvgIpc) is 2.62. The summed E-state index contributed by atoms with van der Waals surface area (Å²) >= 11 is 15.0. The molecule has 1 aliphatic rings. The van der Waals surface area contributed by atoms with Crippen molar-refractivity contribution in [2.24, 2.45) is 11.3 Å². The van der Waals surface area contributed by atoms with Gasteiger partial charge in [-0.1, -0.05) is 43.5 Å². The molecule has 0 atom stereocenters. The van der Waals surface area contributed by atoms with E-state index >= 15 is 0 Å². The van der Waals surface area contributed by atoms with Crippen LogP contribution in [0.3, 0.4) is 0 Å². The smallest absolute Gasteiger partial charge is 0.330 e. The van der Waals surface area contributed by atoms with Crippen molar-refractivity contribution in [3.05, 3.63) is 27.7 Å². The number of benzene rings is 1. The van der Waals surface area contributed by atoms with E-state index in [-0.39, 0.29) is 17.7 Å². The lowest BCUT2D eigenvalue weighted by molar-refractivity contribution is -0.137. The second-order valence-corrected chi connectivity index (χ2v) is 11.4. The van der Waals surface area contributed by atoms with Crippen LogP contribution in [0.25, 0.3) is 0 Å². The van der Waals surface area contributed by atoms with E-state index in [0.717, 1.165) is 32.1 Å². The van der Waals surface area contributed by atoms with Crippen LogP contribution in [0.15, 0.2) is 12.1 Å². The number of carbonyl (C=O) groups excluding carboxylic acids is 1. The first-order valence-electron chi connectivity index (χ1n) is 9.72. The molecule has 1 amide bonds. The lowest BCUT2D eigenvalue weighted by atomic mass is 9.64. The highest BCUT2D eigenvalue weighted by Crippen LogP contribution is 2.47. The molecule has 0 unspecified atom stereocenters. The second kappa shape index (κ2) is 10.2. The third-order valence-corrected chi connectivity index (χ3v) is 9.47. The highest BCUT2D eigenvalue weighted by atomic mass is 35.5. The molecule has 0 heterocycles. The quantitative estimate of drug-likeness (QED) is 0.372. The number of anilines is 1. The molecule has 0 aliphatic heterocycles. The van der Waals surface area contributed by atoms with Crippen LogP contribution in [0.1, 0.15) is 51.5 Å². The predicted octanol–water partition coefficient (Wildman–Crippen LogP) is 6.59. The Hall–Kier alpha value is -0.560. The Morgan fingerprint density at radius 2 is 1.79 bits per heavy atom. The van der Waals surface area contributed by atoms with Crippen LogP contribution in [0.4, 0.5) is 5.69 Å². The molecule has 4 nitrogen and oxygen atoms in total. The third-order valence-electron chi connectivity index (χ3n) is 5.80. The van der Waals surface area contributed by atoms with Crippen molar-refractivity contribution in [2.75, 3.05) is 17.8 Å². The van der Waals surface area contributed by atoms with E-state index in [1.54, 1.807) is 24.6 Å². The number of hydrogen-bond acceptors (Lipinski definition) is 4. The Morgan fingerprint density at radius 3 is 2.24 bits per heavy atom. The number of aliphatic carboxylic acids is 1. The van der Waals surface area contributed by atoms with Crippen LogP contribution in [-0.2, 0) is 16.0 Å².